The second kappa shape index (κ2) is 7.70. The fraction of sp³-hybridized carbons (Fsp3) is 0.929. The summed E-state index contributed by atoms with van der Waals surface area (Å²) in [6, 6.07) is 1.28. The van der Waals surface area contributed by atoms with Crippen LogP contribution >= 0.6 is 0 Å². The number of nitrogens with zero attached hydrogens (tertiary/aromatic N) is 2. The van der Waals surface area contributed by atoms with Crippen molar-refractivity contribution >= 4 is 6.03 Å². The summed E-state index contributed by atoms with van der Waals surface area (Å²) in [6.07, 6.45) is 1.05. The lowest BCUT2D eigenvalue weighted by atomic mass is 10.2. The predicted octanol–water partition coefficient (Wildman–Crippen LogP) is 1.11. The van der Waals surface area contributed by atoms with Crippen molar-refractivity contribution in [2.24, 2.45) is 0 Å². The molecule has 5 nitrogen and oxygen atoms in total. The summed E-state index contributed by atoms with van der Waals surface area (Å²) < 4.78 is 0. The molecule has 1 aliphatic rings. The molecule has 1 rings (SSSR count). The summed E-state index contributed by atoms with van der Waals surface area (Å²) in [4.78, 5) is 16.4. The smallest absolute Gasteiger partial charge is 0.315 e. The highest BCUT2D eigenvalue weighted by molar-refractivity contribution is 5.74. The molecule has 0 spiro atoms. The van der Waals surface area contributed by atoms with Gasteiger partial charge in [0.2, 0.25) is 0 Å². The number of likely N-dealkylation sites (N-methyl/N-ethyl adjacent to an activating group) is 1. The van der Waals surface area contributed by atoms with Gasteiger partial charge in [-0.1, -0.05) is 0 Å². The summed E-state index contributed by atoms with van der Waals surface area (Å²) in [7, 11) is 2.09. The van der Waals surface area contributed by atoms with Crippen molar-refractivity contribution in [1.82, 2.24) is 20.4 Å². The van der Waals surface area contributed by atoms with Crippen LogP contribution in [-0.2, 0) is 0 Å². The highest BCUT2D eigenvalue weighted by Gasteiger charge is 2.21. The molecule has 1 aliphatic heterocycles. The van der Waals surface area contributed by atoms with E-state index in [1.807, 2.05) is 0 Å². The molecule has 19 heavy (non-hydrogen) atoms. The van der Waals surface area contributed by atoms with Gasteiger partial charge >= 0.3 is 6.03 Å². The van der Waals surface area contributed by atoms with Gasteiger partial charge in [0.15, 0.2) is 0 Å². The second-order valence-corrected chi connectivity index (χ2v) is 6.07. The first-order chi connectivity index (χ1) is 8.90. The average molecular weight is 270 g/mol. The van der Waals surface area contributed by atoms with E-state index in [1.54, 1.807) is 0 Å². The Labute approximate surface area is 117 Å². The number of carbonyl (C=O) groups excluding carboxylic acids is 1. The van der Waals surface area contributed by atoms with Gasteiger partial charge in [-0.3, -0.25) is 4.90 Å². The van der Waals surface area contributed by atoms with Crippen molar-refractivity contribution in [3.8, 4) is 0 Å². The molecule has 0 saturated carbocycles. The Morgan fingerprint density at radius 2 is 1.95 bits per heavy atom. The monoisotopic (exact) mass is 270 g/mol. The molecule has 0 aromatic rings. The maximum atomic E-state index is 11.8. The molecule has 0 radical (unpaired) electrons. The summed E-state index contributed by atoms with van der Waals surface area (Å²) in [5, 5.41) is 5.99. The van der Waals surface area contributed by atoms with E-state index in [-0.39, 0.29) is 6.03 Å². The van der Waals surface area contributed by atoms with Crippen LogP contribution in [0.15, 0.2) is 0 Å². The van der Waals surface area contributed by atoms with Crippen molar-refractivity contribution < 1.29 is 4.79 Å². The van der Waals surface area contributed by atoms with Crippen molar-refractivity contribution in [3.63, 3.8) is 0 Å². The van der Waals surface area contributed by atoms with E-state index in [9.17, 15) is 4.79 Å². The fourth-order valence-corrected chi connectivity index (χ4v) is 2.70. The fourth-order valence-electron chi connectivity index (χ4n) is 2.70. The zero-order valence-electron chi connectivity index (χ0n) is 13.1. The molecular weight excluding hydrogens is 240 g/mol. The Hall–Kier alpha value is -0.810. The van der Waals surface area contributed by atoms with Gasteiger partial charge in [0, 0.05) is 37.8 Å². The maximum absolute atomic E-state index is 11.8. The van der Waals surface area contributed by atoms with Crippen molar-refractivity contribution in [3.05, 3.63) is 0 Å². The van der Waals surface area contributed by atoms with Crippen LogP contribution in [0, 0.1) is 0 Å². The predicted molar refractivity (Wildman–Crippen MR) is 79.4 cm³/mol. The molecule has 2 N–H and O–H groups in total. The number of amides is 2. The van der Waals surface area contributed by atoms with E-state index in [4.69, 9.17) is 0 Å². The zero-order valence-corrected chi connectivity index (χ0v) is 13.1. The molecule has 1 saturated heterocycles. The van der Waals surface area contributed by atoms with Crippen LogP contribution < -0.4 is 10.6 Å². The molecule has 0 aromatic carbocycles. The normalized spacial score (nSPS) is 20.5. The highest BCUT2D eigenvalue weighted by atomic mass is 16.2. The van der Waals surface area contributed by atoms with Crippen LogP contribution in [0.4, 0.5) is 4.79 Å². The molecule has 1 heterocycles. The minimum absolute atomic E-state index is 0.0345. The van der Waals surface area contributed by atoms with Crippen molar-refractivity contribution in [1.29, 1.82) is 0 Å². The molecule has 0 bridgehead atoms. The summed E-state index contributed by atoms with van der Waals surface area (Å²) in [6.45, 7) is 12.4. The van der Waals surface area contributed by atoms with Crippen molar-refractivity contribution in [2.75, 3.05) is 33.2 Å². The number of urea groups is 1. The number of hydrogen-bond acceptors (Lipinski definition) is 3. The van der Waals surface area contributed by atoms with E-state index >= 15 is 0 Å². The summed E-state index contributed by atoms with van der Waals surface area (Å²) in [5.74, 6) is 0. The third kappa shape index (κ3) is 5.78. The lowest BCUT2D eigenvalue weighted by Gasteiger charge is -2.30. The average Bonchev–Trinajstić information content (AvgIpc) is 2.69. The van der Waals surface area contributed by atoms with Crippen LogP contribution in [0.5, 0.6) is 0 Å². The van der Waals surface area contributed by atoms with Gasteiger partial charge in [-0.2, -0.15) is 0 Å². The van der Waals surface area contributed by atoms with Crippen molar-refractivity contribution in [2.45, 2.75) is 52.2 Å². The third-order valence-electron chi connectivity index (χ3n) is 3.71. The largest absolute Gasteiger partial charge is 0.337 e. The van der Waals surface area contributed by atoms with E-state index in [0.717, 1.165) is 26.1 Å². The Morgan fingerprint density at radius 3 is 2.42 bits per heavy atom. The van der Waals surface area contributed by atoms with Gasteiger partial charge in [0.05, 0.1) is 0 Å². The Kier molecular flexibility index (Phi) is 6.58. The molecule has 5 heteroatoms. The van der Waals surface area contributed by atoms with Crippen LogP contribution in [0.3, 0.4) is 0 Å². The van der Waals surface area contributed by atoms with Gasteiger partial charge in [-0.15, -0.1) is 0 Å². The molecule has 1 fully saturated rings. The van der Waals surface area contributed by atoms with Gasteiger partial charge in [-0.05, 0) is 47.7 Å². The Balaban J connectivity index is 2.19. The van der Waals surface area contributed by atoms with Crippen LogP contribution in [-0.4, -0.2) is 67.2 Å². The summed E-state index contributed by atoms with van der Waals surface area (Å²) in [5.41, 5.74) is 0. The first-order valence-electron chi connectivity index (χ1n) is 7.38. The SMILES string of the molecule is CC(C)N(CCNC(=O)N[C@@H]1CCN(C)C1)C(C)C. The number of nitrogens with one attached hydrogen (secondary N) is 2. The minimum Gasteiger partial charge on any atom is -0.337 e. The van der Waals surface area contributed by atoms with E-state index in [0.29, 0.717) is 24.7 Å². The lowest BCUT2D eigenvalue weighted by Crippen LogP contribution is -2.47. The topological polar surface area (TPSA) is 47.6 Å². The molecule has 112 valence electrons. The van der Waals surface area contributed by atoms with Crippen LogP contribution in [0.25, 0.3) is 0 Å². The number of likely N-dealkylation sites (tertiary alicyclic amines) is 1. The van der Waals surface area contributed by atoms with E-state index in [1.165, 1.54) is 0 Å². The first-order valence-corrected chi connectivity index (χ1v) is 7.38. The van der Waals surface area contributed by atoms with Gasteiger partial charge < -0.3 is 15.5 Å². The Bertz CT molecular complexity index is 273. The lowest BCUT2D eigenvalue weighted by molar-refractivity contribution is 0.175. The van der Waals surface area contributed by atoms with Gasteiger partial charge in [0.25, 0.3) is 0 Å². The van der Waals surface area contributed by atoms with E-state index in [2.05, 4.69) is 55.2 Å². The highest BCUT2D eigenvalue weighted by Crippen LogP contribution is 2.06. The molecular formula is C14H30N4O. The zero-order chi connectivity index (χ0) is 14.4. The maximum Gasteiger partial charge on any atom is 0.315 e. The number of carbonyl (C=O) groups is 1. The Morgan fingerprint density at radius 1 is 1.32 bits per heavy atom. The minimum atomic E-state index is -0.0345. The molecule has 0 unspecified atom stereocenters. The van der Waals surface area contributed by atoms with Crippen LogP contribution in [0.2, 0.25) is 0 Å². The molecule has 0 aliphatic carbocycles. The first kappa shape index (κ1) is 16.2. The van der Waals surface area contributed by atoms with Gasteiger partial charge in [0.1, 0.15) is 0 Å². The van der Waals surface area contributed by atoms with E-state index < -0.39 is 0 Å². The summed E-state index contributed by atoms with van der Waals surface area (Å²) >= 11 is 0. The number of hydrogen-bond donors (Lipinski definition) is 2. The van der Waals surface area contributed by atoms with Gasteiger partial charge in [-0.25, -0.2) is 4.79 Å². The molecule has 1 atom stereocenters. The standard InChI is InChI=1S/C14H30N4O/c1-11(2)18(12(3)4)9-7-15-14(19)16-13-6-8-17(5)10-13/h11-13H,6-10H2,1-5H3,(H2,15,16,19)/t13-/m1/s1. The molecule has 2 amide bonds. The second-order valence-electron chi connectivity index (χ2n) is 6.07. The third-order valence-corrected chi connectivity index (χ3v) is 3.71. The van der Waals surface area contributed by atoms with Crippen LogP contribution in [0.1, 0.15) is 34.1 Å². The molecule has 0 aromatic heterocycles. The number of rotatable bonds is 6. The quantitative estimate of drug-likeness (QED) is 0.760.